The van der Waals surface area contributed by atoms with Gasteiger partial charge in [-0.05, 0) is 42.2 Å². The van der Waals surface area contributed by atoms with Crippen LogP contribution in [0, 0.1) is 5.92 Å². The maximum Gasteiger partial charge on any atom is 0.338 e. The highest BCUT2D eigenvalue weighted by Crippen LogP contribution is 2.35. The van der Waals surface area contributed by atoms with Crippen molar-refractivity contribution in [2.75, 3.05) is 10.6 Å². The fraction of sp³-hybridized carbons (Fsp3) is 0.182. The Balaban J connectivity index is 1.47. The minimum Gasteiger partial charge on any atom is -0.478 e. The van der Waals surface area contributed by atoms with Crippen LogP contribution in [-0.4, -0.2) is 27.5 Å². The van der Waals surface area contributed by atoms with Gasteiger partial charge in [0, 0.05) is 39.5 Å². The van der Waals surface area contributed by atoms with E-state index in [0.29, 0.717) is 16.6 Å². The van der Waals surface area contributed by atoms with E-state index in [2.05, 4.69) is 39.5 Å². The Labute approximate surface area is 241 Å². The molecular formula is C33H29N3O4S. The third-order valence-electron chi connectivity index (χ3n) is 7.72. The van der Waals surface area contributed by atoms with E-state index in [1.54, 1.807) is 5.38 Å². The molecule has 0 atom stereocenters. The first kappa shape index (κ1) is 26.5. The molecule has 206 valence electrons. The third kappa shape index (κ3) is 5.38. The number of aromatic carboxylic acids is 1. The van der Waals surface area contributed by atoms with Crippen molar-refractivity contribution in [3.05, 3.63) is 118 Å². The Morgan fingerprint density at radius 3 is 2.12 bits per heavy atom. The molecule has 3 aromatic carbocycles. The predicted molar refractivity (Wildman–Crippen MR) is 162 cm³/mol. The predicted octanol–water partition coefficient (Wildman–Crippen LogP) is 7.42. The number of nitrogens with zero attached hydrogens (tertiary/aromatic N) is 1. The van der Waals surface area contributed by atoms with E-state index in [0.717, 1.165) is 42.3 Å². The fourth-order valence-electron chi connectivity index (χ4n) is 5.69. The molecule has 0 radical (unpaired) electrons. The number of anilines is 2. The number of carbonyl (C=O) groups is 3. The number of carbonyl (C=O) groups excluding carboxylic acids is 2. The Morgan fingerprint density at radius 1 is 0.829 bits per heavy atom. The highest BCUT2D eigenvalue weighted by Gasteiger charge is 2.26. The number of aromatic nitrogens is 1. The summed E-state index contributed by atoms with van der Waals surface area (Å²) in [6.45, 7) is 0. The summed E-state index contributed by atoms with van der Waals surface area (Å²) in [5, 5.41) is 19.2. The van der Waals surface area contributed by atoms with Crippen LogP contribution < -0.4 is 10.6 Å². The van der Waals surface area contributed by atoms with E-state index >= 15 is 0 Å². The zero-order chi connectivity index (χ0) is 28.3. The van der Waals surface area contributed by atoms with Gasteiger partial charge in [-0.25, -0.2) is 4.79 Å². The number of benzene rings is 3. The zero-order valence-electron chi connectivity index (χ0n) is 22.2. The first-order valence-electron chi connectivity index (χ1n) is 13.7. The molecule has 41 heavy (non-hydrogen) atoms. The molecule has 1 aliphatic carbocycles. The van der Waals surface area contributed by atoms with Gasteiger partial charge >= 0.3 is 5.97 Å². The van der Waals surface area contributed by atoms with E-state index in [4.69, 9.17) is 0 Å². The van der Waals surface area contributed by atoms with Crippen molar-refractivity contribution in [1.82, 2.24) is 4.57 Å². The van der Waals surface area contributed by atoms with E-state index in [9.17, 15) is 19.5 Å². The van der Waals surface area contributed by atoms with Gasteiger partial charge in [-0.1, -0.05) is 73.5 Å². The van der Waals surface area contributed by atoms with Crippen molar-refractivity contribution >= 4 is 51.4 Å². The first-order valence-corrected chi connectivity index (χ1v) is 14.6. The molecule has 0 bridgehead atoms. The molecule has 7 nitrogen and oxygen atoms in total. The molecule has 0 unspecified atom stereocenters. The molecule has 3 N–H and O–H groups in total. The van der Waals surface area contributed by atoms with Gasteiger partial charge in [0.05, 0.1) is 22.9 Å². The number of hydrogen-bond donors (Lipinski definition) is 3. The molecule has 1 aliphatic rings. The number of carboxylic acid groups (broad SMARTS) is 1. The molecule has 2 amide bonds. The highest BCUT2D eigenvalue weighted by molar-refractivity contribution is 7.08. The lowest BCUT2D eigenvalue weighted by Gasteiger charge is -2.21. The Morgan fingerprint density at radius 2 is 1.49 bits per heavy atom. The number of hydrogen-bond acceptors (Lipinski definition) is 4. The van der Waals surface area contributed by atoms with Crippen molar-refractivity contribution in [3.63, 3.8) is 0 Å². The van der Waals surface area contributed by atoms with E-state index < -0.39 is 11.9 Å². The van der Waals surface area contributed by atoms with Crippen LogP contribution >= 0.6 is 11.3 Å². The van der Waals surface area contributed by atoms with E-state index in [1.807, 2.05) is 60.8 Å². The molecule has 8 heteroatoms. The molecule has 1 saturated carbocycles. The van der Waals surface area contributed by atoms with Gasteiger partial charge in [0.15, 0.2) is 0 Å². The highest BCUT2D eigenvalue weighted by atomic mass is 32.1. The molecule has 5 aromatic rings. The Bertz CT molecular complexity index is 1680. The number of fused-ring (bicyclic) bond motifs is 1. The summed E-state index contributed by atoms with van der Waals surface area (Å²) < 4.78 is 2.07. The molecule has 0 spiro atoms. The maximum atomic E-state index is 13.8. The average molecular weight is 564 g/mol. The van der Waals surface area contributed by atoms with Gasteiger partial charge in [0.2, 0.25) is 5.91 Å². The second-order valence-electron chi connectivity index (χ2n) is 10.3. The van der Waals surface area contributed by atoms with Crippen LogP contribution in [0.1, 0.15) is 63.6 Å². The summed E-state index contributed by atoms with van der Waals surface area (Å²) in [4.78, 5) is 38.4. The summed E-state index contributed by atoms with van der Waals surface area (Å²) in [5.41, 5.74) is 4.22. The van der Waals surface area contributed by atoms with Crippen molar-refractivity contribution in [1.29, 1.82) is 0 Å². The van der Waals surface area contributed by atoms with Crippen LogP contribution in [-0.2, 0) is 4.79 Å². The van der Waals surface area contributed by atoms with Crippen LogP contribution in [0.15, 0.2) is 95.8 Å². The Kier molecular flexibility index (Phi) is 7.39. The van der Waals surface area contributed by atoms with Gasteiger partial charge in [0.25, 0.3) is 5.91 Å². The van der Waals surface area contributed by atoms with Crippen molar-refractivity contribution in [2.24, 2.45) is 5.92 Å². The lowest BCUT2D eigenvalue weighted by molar-refractivity contribution is -0.119. The summed E-state index contributed by atoms with van der Waals surface area (Å²) in [6, 6.07) is 25.6. The first-order chi connectivity index (χ1) is 20.0. The summed E-state index contributed by atoms with van der Waals surface area (Å²) in [5.74, 6) is -1.52. The average Bonchev–Trinajstić information content (AvgIpc) is 3.75. The van der Waals surface area contributed by atoms with Crippen LogP contribution in [0.2, 0.25) is 0 Å². The molecule has 2 aromatic heterocycles. The minimum absolute atomic E-state index is 0.00287. The van der Waals surface area contributed by atoms with Crippen LogP contribution in [0.3, 0.4) is 0 Å². The second kappa shape index (κ2) is 11.4. The third-order valence-corrected chi connectivity index (χ3v) is 8.46. The summed E-state index contributed by atoms with van der Waals surface area (Å²) >= 11 is 1.21. The molecule has 2 heterocycles. The quantitative estimate of drug-likeness (QED) is 0.183. The zero-order valence-corrected chi connectivity index (χ0v) is 23.1. The molecule has 1 fully saturated rings. The van der Waals surface area contributed by atoms with Crippen molar-refractivity contribution in [2.45, 2.75) is 31.7 Å². The van der Waals surface area contributed by atoms with Gasteiger partial charge in [-0.15, -0.1) is 11.3 Å². The van der Waals surface area contributed by atoms with Crippen molar-refractivity contribution in [3.8, 4) is 0 Å². The topological polar surface area (TPSA) is 100 Å². The van der Waals surface area contributed by atoms with Gasteiger partial charge < -0.3 is 20.3 Å². The van der Waals surface area contributed by atoms with Crippen LogP contribution in [0.4, 0.5) is 11.4 Å². The minimum atomic E-state index is -1.10. The van der Waals surface area contributed by atoms with Crippen LogP contribution in [0.5, 0.6) is 0 Å². The monoisotopic (exact) mass is 563 g/mol. The standard InChI is InChI=1S/C33H29N3O4S/c37-31(23-13-7-8-14-23)34-24-15-16-29-25(17-24)26(32(38)35-28-20-41-19-27(28)33(39)40)18-36(29)30(21-9-3-1-4-10-21)22-11-5-2-6-12-22/h1-6,9-12,15-20,23,30H,7-8,13-14H2,(H,34,37)(H,35,38)(H,39,40). The van der Waals surface area contributed by atoms with Gasteiger partial charge in [-0.3, -0.25) is 9.59 Å². The number of amides is 2. The second-order valence-corrected chi connectivity index (χ2v) is 11.1. The fourth-order valence-corrected chi connectivity index (χ4v) is 6.45. The molecular weight excluding hydrogens is 534 g/mol. The van der Waals surface area contributed by atoms with Crippen molar-refractivity contribution < 1.29 is 19.5 Å². The number of carboxylic acids is 1. The Hall–Kier alpha value is -4.69. The molecule has 6 rings (SSSR count). The number of thiophene rings is 1. The molecule has 0 aliphatic heterocycles. The lowest BCUT2D eigenvalue weighted by atomic mass is 9.98. The largest absolute Gasteiger partial charge is 0.478 e. The van der Waals surface area contributed by atoms with Gasteiger partial charge in [0.1, 0.15) is 0 Å². The van der Waals surface area contributed by atoms with Gasteiger partial charge in [-0.2, -0.15) is 0 Å². The SMILES string of the molecule is O=C(O)c1cscc1NC(=O)c1cn(C(c2ccccc2)c2ccccc2)c2ccc(NC(=O)C3CCCC3)cc12. The normalized spacial score (nSPS) is 13.5. The van der Waals surface area contributed by atoms with Crippen LogP contribution in [0.25, 0.3) is 10.9 Å². The number of nitrogens with one attached hydrogen (secondary N) is 2. The van der Waals surface area contributed by atoms with E-state index in [1.165, 1.54) is 16.7 Å². The summed E-state index contributed by atoms with van der Waals surface area (Å²) in [7, 11) is 0. The van der Waals surface area contributed by atoms with E-state index in [-0.39, 0.29) is 29.1 Å². The molecule has 0 saturated heterocycles. The summed E-state index contributed by atoms with van der Waals surface area (Å²) in [6.07, 6.45) is 5.72. The number of rotatable bonds is 8. The smallest absolute Gasteiger partial charge is 0.338 e. The lowest BCUT2D eigenvalue weighted by Crippen LogP contribution is -2.20. The maximum absolute atomic E-state index is 13.8.